The summed E-state index contributed by atoms with van der Waals surface area (Å²) in [5.41, 5.74) is 0. The highest BCUT2D eigenvalue weighted by molar-refractivity contribution is 7.89. The average molecular weight is 397 g/mol. The molecule has 0 aromatic heterocycles. The van der Waals surface area contributed by atoms with E-state index in [1.54, 1.807) is 21.9 Å². The quantitative estimate of drug-likeness (QED) is 0.768. The van der Waals surface area contributed by atoms with Crippen molar-refractivity contribution in [2.24, 2.45) is 5.92 Å². The van der Waals surface area contributed by atoms with Crippen LogP contribution in [0.5, 0.6) is 5.75 Å². The minimum atomic E-state index is -3.71. The van der Waals surface area contributed by atoms with Gasteiger partial charge in [0.2, 0.25) is 10.0 Å². The van der Waals surface area contributed by atoms with Crippen LogP contribution in [0, 0.1) is 5.92 Å². The Bertz CT molecular complexity index is 760. The van der Waals surface area contributed by atoms with Crippen molar-refractivity contribution in [2.45, 2.75) is 24.9 Å². The number of morpholine rings is 1. The van der Waals surface area contributed by atoms with Crippen molar-refractivity contribution in [1.82, 2.24) is 14.1 Å². The molecule has 2 aliphatic rings. The van der Waals surface area contributed by atoms with E-state index in [4.69, 9.17) is 9.47 Å². The number of amides is 2. The number of urea groups is 1. The average Bonchev–Trinajstić information content (AvgIpc) is 3.14. The number of ether oxygens (including phenoxy) is 2. The summed E-state index contributed by atoms with van der Waals surface area (Å²) in [5.74, 6) is 0.561. The molecule has 8 nitrogen and oxygen atoms in total. The molecule has 150 valence electrons. The maximum atomic E-state index is 13.2. The van der Waals surface area contributed by atoms with Crippen LogP contribution in [0.4, 0.5) is 4.79 Å². The zero-order valence-corrected chi connectivity index (χ0v) is 16.8. The van der Waals surface area contributed by atoms with Gasteiger partial charge in [0.15, 0.2) is 0 Å². The Kier molecular flexibility index (Phi) is 5.92. The van der Waals surface area contributed by atoms with Crippen LogP contribution in [-0.4, -0.2) is 81.2 Å². The van der Waals surface area contributed by atoms with E-state index < -0.39 is 16.2 Å². The van der Waals surface area contributed by atoms with Gasteiger partial charge in [0.1, 0.15) is 11.9 Å². The molecule has 9 heteroatoms. The first-order valence-electron chi connectivity index (χ1n) is 9.15. The molecule has 0 bridgehead atoms. The van der Waals surface area contributed by atoms with Crippen LogP contribution < -0.4 is 4.74 Å². The molecule has 0 aliphatic carbocycles. The number of carbonyl (C=O) groups is 1. The number of methoxy groups -OCH3 is 1. The maximum absolute atomic E-state index is 13.2. The van der Waals surface area contributed by atoms with Gasteiger partial charge in [0, 0.05) is 26.2 Å². The summed E-state index contributed by atoms with van der Waals surface area (Å²) in [6.45, 7) is 6.64. The zero-order chi connectivity index (χ0) is 19.6. The monoisotopic (exact) mass is 397 g/mol. The topological polar surface area (TPSA) is 79.4 Å². The van der Waals surface area contributed by atoms with E-state index in [9.17, 15) is 13.2 Å². The summed E-state index contributed by atoms with van der Waals surface area (Å²) in [4.78, 5) is 16.6. The largest absolute Gasteiger partial charge is 0.497 e. The number of hydrogen-bond acceptors (Lipinski definition) is 5. The second-order valence-corrected chi connectivity index (χ2v) is 8.91. The molecule has 2 fully saturated rings. The highest BCUT2D eigenvalue weighted by atomic mass is 32.2. The minimum absolute atomic E-state index is 0.0366. The van der Waals surface area contributed by atoms with Gasteiger partial charge in [0.05, 0.1) is 25.2 Å². The third-order valence-corrected chi connectivity index (χ3v) is 6.85. The van der Waals surface area contributed by atoms with Crippen LogP contribution in [0.1, 0.15) is 13.8 Å². The first-order chi connectivity index (χ1) is 12.9. The van der Waals surface area contributed by atoms with Gasteiger partial charge in [-0.25, -0.2) is 13.2 Å². The molecule has 2 heterocycles. The van der Waals surface area contributed by atoms with Gasteiger partial charge in [-0.2, -0.15) is 4.31 Å². The van der Waals surface area contributed by atoms with Crippen molar-refractivity contribution in [1.29, 1.82) is 0 Å². The van der Waals surface area contributed by atoms with Crippen molar-refractivity contribution in [3.05, 3.63) is 24.3 Å². The van der Waals surface area contributed by atoms with Gasteiger partial charge >= 0.3 is 6.03 Å². The maximum Gasteiger partial charge on any atom is 0.321 e. The Morgan fingerprint density at radius 2 is 1.74 bits per heavy atom. The van der Waals surface area contributed by atoms with Crippen molar-refractivity contribution in [2.75, 3.05) is 46.5 Å². The molecule has 0 N–H and O–H groups in total. The van der Waals surface area contributed by atoms with E-state index in [0.29, 0.717) is 38.6 Å². The van der Waals surface area contributed by atoms with Gasteiger partial charge in [-0.15, -0.1) is 0 Å². The Hall–Kier alpha value is -1.84. The van der Waals surface area contributed by atoms with Crippen molar-refractivity contribution < 1.29 is 22.7 Å². The number of hydrogen-bond donors (Lipinski definition) is 0. The summed E-state index contributed by atoms with van der Waals surface area (Å²) in [7, 11) is -2.18. The molecular weight excluding hydrogens is 370 g/mol. The summed E-state index contributed by atoms with van der Waals surface area (Å²) in [5, 5.41) is 0. The Labute approximate surface area is 160 Å². The second-order valence-electron chi connectivity index (χ2n) is 7.02. The highest BCUT2D eigenvalue weighted by Crippen LogP contribution is 2.30. The molecule has 1 atom stereocenters. The molecule has 1 aromatic carbocycles. The molecule has 2 saturated heterocycles. The Morgan fingerprint density at radius 3 is 2.30 bits per heavy atom. The molecular formula is C18H27N3O5S. The molecule has 0 saturated carbocycles. The number of benzene rings is 1. The van der Waals surface area contributed by atoms with Crippen LogP contribution in [0.3, 0.4) is 0 Å². The predicted molar refractivity (Wildman–Crippen MR) is 100 cm³/mol. The lowest BCUT2D eigenvalue weighted by molar-refractivity contribution is 0.0370. The molecule has 0 radical (unpaired) electrons. The smallest absolute Gasteiger partial charge is 0.321 e. The Balaban J connectivity index is 1.85. The molecule has 0 spiro atoms. The van der Waals surface area contributed by atoms with E-state index in [0.717, 1.165) is 0 Å². The normalized spacial score (nSPS) is 21.7. The van der Waals surface area contributed by atoms with Crippen molar-refractivity contribution in [3.8, 4) is 5.75 Å². The molecule has 27 heavy (non-hydrogen) atoms. The number of nitrogens with zero attached hydrogens (tertiary/aromatic N) is 3. The van der Waals surface area contributed by atoms with E-state index in [1.807, 2.05) is 13.8 Å². The van der Waals surface area contributed by atoms with Gasteiger partial charge in [0.25, 0.3) is 0 Å². The van der Waals surface area contributed by atoms with Crippen LogP contribution in [-0.2, 0) is 14.8 Å². The van der Waals surface area contributed by atoms with Gasteiger partial charge in [-0.1, -0.05) is 13.8 Å². The first-order valence-corrected chi connectivity index (χ1v) is 10.6. The van der Waals surface area contributed by atoms with E-state index in [-0.39, 0.29) is 23.4 Å². The van der Waals surface area contributed by atoms with Gasteiger partial charge in [-0.3, -0.25) is 0 Å². The van der Waals surface area contributed by atoms with Crippen LogP contribution in [0.25, 0.3) is 0 Å². The summed E-state index contributed by atoms with van der Waals surface area (Å²) in [6, 6.07) is 6.22. The molecule has 1 unspecified atom stereocenters. The standard InChI is InChI=1S/C18H27N3O5S/c1-14(2)17-20(18(22)19-10-12-26-13-11-19)8-9-21(17)27(23,24)16-6-4-15(25-3)5-7-16/h4-7,14,17H,8-13H2,1-3H3. The third kappa shape index (κ3) is 3.90. The van der Waals surface area contributed by atoms with Gasteiger partial charge < -0.3 is 19.3 Å². The second kappa shape index (κ2) is 8.04. The highest BCUT2D eigenvalue weighted by Gasteiger charge is 2.45. The molecule has 2 amide bonds. The SMILES string of the molecule is COc1ccc(S(=O)(=O)N2CCN(C(=O)N3CCOCC3)C2C(C)C)cc1. The first kappa shape index (κ1) is 19.9. The summed E-state index contributed by atoms with van der Waals surface area (Å²) >= 11 is 0. The van der Waals surface area contributed by atoms with Crippen LogP contribution in [0.15, 0.2) is 29.2 Å². The van der Waals surface area contributed by atoms with E-state index in [1.165, 1.54) is 23.5 Å². The minimum Gasteiger partial charge on any atom is -0.497 e. The fourth-order valence-corrected chi connectivity index (χ4v) is 5.32. The summed E-state index contributed by atoms with van der Waals surface area (Å²) in [6.07, 6.45) is -0.507. The molecule has 2 aliphatic heterocycles. The fraction of sp³-hybridized carbons (Fsp3) is 0.611. The molecule has 3 rings (SSSR count). The Morgan fingerprint density at radius 1 is 1.11 bits per heavy atom. The molecule has 1 aromatic rings. The third-order valence-electron chi connectivity index (χ3n) is 4.97. The van der Waals surface area contributed by atoms with Crippen molar-refractivity contribution in [3.63, 3.8) is 0 Å². The van der Waals surface area contributed by atoms with E-state index >= 15 is 0 Å². The number of rotatable bonds is 4. The zero-order valence-electron chi connectivity index (χ0n) is 16.0. The lowest BCUT2D eigenvalue weighted by atomic mass is 10.1. The fourth-order valence-electron chi connectivity index (χ4n) is 3.61. The summed E-state index contributed by atoms with van der Waals surface area (Å²) < 4.78 is 38.3. The van der Waals surface area contributed by atoms with Crippen LogP contribution in [0.2, 0.25) is 0 Å². The number of carbonyl (C=O) groups excluding carboxylic acids is 1. The van der Waals surface area contributed by atoms with E-state index in [2.05, 4.69) is 0 Å². The van der Waals surface area contributed by atoms with Gasteiger partial charge in [-0.05, 0) is 30.2 Å². The number of sulfonamides is 1. The van der Waals surface area contributed by atoms with Crippen molar-refractivity contribution >= 4 is 16.1 Å². The van der Waals surface area contributed by atoms with Crippen LogP contribution >= 0.6 is 0 Å². The predicted octanol–water partition coefficient (Wildman–Crippen LogP) is 1.44. The lowest BCUT2D eigenvalue weighted by Gasteiger charge is -2.37. The lowest BCUT2D eigenvalue weighted by Crippen LogP contribution is -2.53.